The van der Waals surface area contributed by atoms with Crippen LogP contribution in [-0.2, 0) is 0 Å². The number of halogens is 1. The lowest BCUT2D eigenvalue weighted by molar-refractivity contribution is 0.0527. The summed E-state index contributed by atoms with van der Waals surface area (Å²) in [5.74, 6) is -0.256. The van der Waals surface area contributed by atoms with E-state index in [-0.39, 0.29) is 11.7 Å². The predicted molar refractivity (Wildman–Crippen MR) is 90.1 cm³/mol. The summed E-state index contributed by atoms with van der Waals surface area (Å²) in [4.78, 5) is 16.4. The number of nitrogens with zero attached hydrogens (tertiary/aromatic N) is 2. The molecule has 0 aliphatic carbocycles. The first kappa shape index (κ1) is 16.6. The summed E-state index contributed by atoms with van der Waals surface area (Å²) in [5.41, 5.74) is 1.41. The van der Waals surface area contributed by atoms with E-state index in [9.17, 15) is 14.3 Å². The Morgan fingerprint density at radius 2 is 1.62 bits per heavy atom. The molecule has 1 amide bonds. The van der Waals surface area contributed by atoms with Crippen molar-refractivity contribution in [1.82, 2.24) is 9.80 Å². The highest BCUT2D eigenvalue weighted by molar-refractivity contribution is 5.94. The van der Waals surface area contributed by atoms with Crippen LogP contribution in [0.3, 0.4) is 0 Å². The van der Waals surface area contributed by atoms with Gasteiger partial charge in [0.15, 0.2) is 0 Å². The molecule has 2 aromatic rings. The van der Waals surface area contributed by atoms with Crippen molar-refractivity contribution >= 4 is 5.91 Å². The number of hydrogen-bond acceptors (Lipinski definition) is 3. The van der Waals surface area contributed by atoms with Gasteiger partial charge in [-0.3, -0.25) is 9.69 Å². The van der Waals surface area contributed by atoms with Crippen molar-refractivity contribution in [2.75, 3.05) is 32.7 Å². The molecule has 4 nitrogen and oxygen atoms in total. The van der Waals surface area contributed by atoms with E-state index in [0.717, 1.165) is 13.1 Å². The molecule has 1 N–H and O–H groups in total. The molecule has 1 saturated heterocycles. The maximum atomic E-state index is 12.9. The molecule has 1 fully saturated rings. The van der Waals surface area contributed by atoms with Crippen molar-refractivity contribution < 1.29 is 14.3 Å². The van der Waals surface area contributed by atoms with Gasteiger partial charge in [0.05, 0.1) is 6.10 Å². The van der Waals surface area contributed by atoms with Gasteiger partial charge in [0.1, 0.15) is 5.82 Å². The smallest absolute Gasteiger partial charge is 0.253 e. The minimum Gasteiger partial charge on any atom is -0.387 e. The van der Waals surface area contributed by atoms with E-state index in [0.29, 0.717) is 30.8 Å². The Morgan fingerprint density at radius 1 is 1.00 bits per heavy atom. The van der Waals surface area contributed by atoms with Gasteiger partial charge in [0, 0.05) is 38.3 Å². The number of aliphatic hydroxyl groups excluding tert-OH is 1. The lowest BCUT2D eigenvalue weighted by Crippen LogP contribution is -2.49. The third kappa shape index (κ3) is 3.99. The highest BCUT2D eigenvalue weighted by Gasteiger charge is 2.23. The zero-order valence-electron chi connectivity index (χ0n) is 13.4. The van der Waals surface area contributed by atoms with Crippen LogP contribution in [0.4, 0.5) is 4.39 Å². The van der Waals surface area contributed by atoms with Gasteiger partial charge in [-0.15, -0.1) is 0 Å². The number of piperazine rings is 1. The Balaban J connectivity index is 1.52. The molecule has 0 spiro atoms. The molecule has 0 aromatic heterocycles. The summed E-state index contributed by atoms with van der Waals surface area (Å²) in [6, 6.07) is 15.2. The Labute approximate surface area is 141 Å². The second-order valence-corrected chi connectivity index (χ2v) is 6.03. The van der Waals surface area contributed by atoms with Gasteiger partial charge in [0.25, 0.3) is 5.91 Å². The SMILES string of the molecule is O=C(c1ccccc1)N1CCN(C[C@H](O)c2ccc(F)cc2)CC1. The van der Waals surface area contributed by atoms with Crippen LogP contribution >= 0.6 is 0 Å². The summed E-state index contributed by atoms with van der Waals surface area (Å²) in [6.07, 6.45) is -0.651. The summed E-state index contributed by atoms with van der Waals surface area (Å²) in [5, 5.41) is 10.3. The van der Waals surface area contributed by atoms with Crippen LogP contribution in [0.5, 0.6) is 0 Å². The molecule has 0 unspecified atom stereocenters. The number of β-amino-alcohol motifs (C(OH)–C–C–N with tert-alkyl or cyclic N) is 1. The van der Waals surface area contributed by atoms with Gasteiger partial charge in [-0.1, -0.05) is 30.3 Å². The molecule has 0 bridgehead atoms. The Morgan fingerprint density at radius 3 is 2.25 bits per heavy atom. The second-order valence-electron chi connectivity index (χ2n) is 6.03. The molecule has 1 aliphatic heterocycles. The quantitative estimate of drug-likeness (QED) is 0.937. The topological polar surface area (TPSA) is 43.8 Å². The highest BCUT2D eigenvalue weighted by atomic mass is 19.1. The van der Waals surface area contributed by atoms with E-state index in [1.165, 1.54) is 12.1 Å². The fourth-order valence-corrected chi connectivity index (χ4v) is 2.93. The Hall–Kier alpha value is -2.24. The molecular formula is C19H21FN2O2. The molecule has 24 heavy (non-hydrogen) atoms. The molecule has 5 heteroatoms. The maximum absolute atomic E-state index is 12.9. The number of carbonyl (C=O) groups is 1. The van der Waals surface area contributed by atoms with Gasteiger partial charge in [-0.25, -0.2) is 4.39 Å². The molecular weight excluding hydrogens is 307 g/mol. The summed E-state index contributed by atoms with van der Waals surface area (Å²) >= 11 is 0. The molecule has 126 valence electrons. The number of rotatable bonds is 4. The number of amides is 1. The third-order valence-corrected chi connectivity index (χ3v) is 4.37. The van der Waals surface area contributed by atoms with Crippen LogP contribution in [0.25, 0.3) is 0 Å². The van der Waals surface area contributed by atoms with E-state index < -0.39 is 6.10 Å². The molecule has 1 heterocycles. The number of aliphatic hydroxyl groups is 1. The largest absolute Gasteiger partial charge is 0.387 e. The van der Waals surface area contributed by atoms with Crippen molar-refractivity contribution in [1.29, 1.82) is 0 Å². The average molecular weight is 328 g/mol. The Kier molecular flexibility index (Phi) is 5.23. The normalized spacial score (nSPS) is 16.8. The second kappa shape index (κ2) is 7.55. The van der Waals surface area contributed by atoms with E-state index in [2.05, 4.69) is 4.90 Å². The first-order valence-corrected chi connectivity index (χ1v) is 8.14. The van der Waals surface area contributed by atoms with Crippen molar-refractivity contribution in [3.05, 3.63) is 71.5 Å². The molecule has 0 radical (unpaired) electrons. The van der Waals surface area contributed by atoms with Crippen LogP contribution < -0.4 is 0 Å². The fourth-order valence-electron chi connectivity index (χ4n) is 2.93. The minimum atomic E-state index is -0.651. The minimum absolute atomic E-state index is 0.0503. The van der Waals surface area contributed by atoms with E-state index >= 15 is 0 Å². The van der Waals surface area contributed by atoms with Crippen molar-refractivity contribution in [2.45, 2.75) is 6.10 Å². The van der Waals surface area contributed by atoms with Crippen molar-refractivity contribution in [3.63, 3.8) is 0 Å². The zero-order valence-corrected chi connectivity index (χ0v) is 13.4. The van der Waals surface area contributed by atoms with E-state index in [4.69, 9.17) is 0 Å². The molecule has 3 rings (SSSR count). The predicted octanol–water partition coefficient (Wildman–Crippen LogP) is 2.32. The van der Waals surface area contributed by atoms with Gasteiger partial charge < -0.3 is 10.0 Å². The summed E-state index contributed by atoms with van der Waals surface area (Å²) in [7, 11) is 0. The van der Waals surface area contributed by atoms with Crippen LogP contribution in [0.1, 0.15) is 22.0 Å². The first-order chi connectivity index (χ1) is 11.6. The number of hydrogen-bond donors (Lipinski definition) is 1. The summed E-state index contributed by atoms with van der Waals surface area (Å²) < 4.78 is 12.9. The molecule has 1 atom stereocenters. The summed E-state index contributed by atoms with van der Waals surface area (Å²) in [6.45, 7) is 3.21. The van der Waals surface area contributed by atoms with Gasteiger partial charge >= 0.3 is 0 Å². The third-order valence-electron chi connectivity index (χ3n) is 4.37. The standard InChI is InChI=1S/C19H21FN2O2/c20-17-8-6-15(7-9-17)18(23)14-21-10-12-22(13-11-21)19(24)16-4-2-1-3-5-16/h1-9,18,23H,10-14H2/t18-/m0/s1. The van der Waals surface area contributed by atoms with E-state index in [1.54, 1.807) is 12.1 Å². The van der Waals surface area contributed by atoms with E-state index in [1.807, 2.05) is 35.2 Å². The highest BCUT2D eigenvalue weighted by Crippen LogP contribution is 2.16. The van der Waals surface area contributed by atoms with Crippen LogP contribution in [-0.4, -0.2) is 53.5 Å². The first-order valence-electron chi connectivity index (χ1n) is 8.14. The van der Waals surface area contributed by atoms with Crippen LogP contribution in [0.15, 0.2) is 54.6 Å². The Bertz CT molecular complexity index is 668. The number of carbonyl (C=O) groups excluding carboxylic acids is 1. The maximum Gasteiger partial charge on any atom is 0.253 e. The molecule has 0 saturated carbocycles. The van der Waals surface area contributed by atoms with Gasteiger partial charge in [-0.05, 0) is 29.8 Å². The lowest BCUT2D eigenvalue weighted by atomic mass is 10.1. The average Bonchev–Trinajstić information content (AvgIpc) is 2.63. The fraction of sp³-hybridized carbons (Fsp3) is 0.316. The number of benzene rings is 2. The van der Waals surface area contributed by atoms with Gasteiger partial charge in [0.2, 0.25) is 0 Å². The monoisotopic (exact) mass is 328 g/mol. The van der Waals surface area contributed by atoms with Crippen LogP contribution in [0, 0.1) is 5.82 Å². The zero-order chi connectivity index (χ0) is 16.9. The molecule has 2 aromatic carbocycles. The van der Waals surface area contributed by atoms with Crippen molar-refractivity contribution in [2.24, 2.45) is 0 Å². The van der Waals surface area contributed by atoms with Crippen molar-refractivity contribution in [3.8, 4) is 0 Å². The molecule has 1 aliphatic rings. The lowest BCUT2D eigenvalue weighted by Gasteiger charge is -2.35. The van der Waals surface area contributed by atoms with Crippen LogP contribution in [0.2, 0.25) is 0 Å². The van der Waals surface area contributed by atoms with Gasteiger partial charge in [-0.2, -0.15) is 0 Å².